The van der Waals surface area contributed by atoms with Gasteiger partial charge in [-0.2, -0.15) is 0 Å². The summed E-state index contributed by atoms with van der Waals surface area (Å²) in [5, 5.41) is 4.72. The summed E-state index contributed by atoms with van der Waals surface area (Å²) in [6.45, 7) is 0. The molecule has 60 heavy (non-hydrogen) atoms. The number of fused-ring (bicyclic) bond motifs is 4. The lowest BCUT2D eigenvalue weighted by Gasteiger charge is -2.28. The third-order valence-corrected chi connectivity index (χ3v) is 11.7. The molecule has 0 atom stereocenters. The summed E-state index contributed by atoms with van der Waals surface area (Å²) in [6, 6.07) is 85.0. The third kappa shape index (κ3) is 6.51. The zero-order valence-corrected chi connectivity index (χ0v) is 32.9. The second-order valence-electron chi connectivity index (χ2n) is 15.3. The minimum absolute atomic E-state index is 0.889. The van der Waals surface area contributed by atoms with Gasteiger partial charge < -0.3 is 9.32 Å². The molecule has 0 saturated heterocycles. The van der Waals surface area contributed by atoms with E-state index in [2.05, 4.69) is 229 Å². The Labute approximate surface area is 349 Å². The molecule has 0 aliphatic carbocycles. The summed E-state index contributed by atoms with van der Waals surface area (Å²) in [7, 11) is 0. The molecule has 10 aromatic carbocycles. The van der Waals surface area contributed by atoms with Gasteiger partial charge in [-0.1, -0.05) is 170 Å². The first-order valence-corrected chi connectivity index (χ1v) is 20.5. The maximum atomic E-state index is 6.24. The zero-order valence-electron chi connectivity index (χ0n) is 32.9. The van der Waals surface area contributed by atoms with E-state index in [1.165, 1.54) is 49.7 Å². The molecular formula is C58H39NO. The van der Waals surface area contributed by atoms with Gasteiger partial charge in [0.1, 0.15) is 11.2 Å². The Morgan fingerprint density at radius 2 is 0.750 bits per heavy atom. The minimum atomic E-state index is 0.889. The van der Waals surface area contributed by atoms with Crippen molar-refractivity contribution in [1.29, 1.82) is 0 Å². The van der Waals surface area contributed by atoms with Crippen LogP contribution >= 0.6 is 0 Å². The van der Waals surface area contributed by atoms with Crippen LogP contribution < -0.4 is 4.90 Å². The van der Waals surface area contributed by atoms with Crippen LogP contribution in [0.1, 0.15) is 0 Å². The van der Waals surface area contributed by atoms with Crippen molar-refractivity contribution >= 4 is 49.8 Å². The van der Waals surface area contributed by atoms with Gasteiger partial charge in [0.05, 0.1) is 5.69 Å². The summed E-state index contributed by atoms with van der Waals surface area (Å²) >= 11 is 0. The number of nitrogens with zero attached hydrogens (tertiary/aromatic N) is 1. The Kier molecular flexibility index (Phi) is 8.87. The summed E-state index contributed by atoms with van der Waals surface area (Å²) in [6.07, 6.45) is 0. The number of furan rings is 1. The Hall–Kier alpha value is -7.94. The van der Waals surface area contributed by atoms with Crippen LogP contribution in [0.25, 0.3) is 88.3 Å². The fourth-order valence-electron chi connectivity index (χ4n) is 8.69. The molecule has 0 unspecified atom stereocenters. The van der Waals surface area contributed by atoms with Gasteiger partial charge in [0, 0.05) is 27.7 Å². The van der Waals surface area contributed by atoms with E-state index in [9.17, 15) is 0 Å². The Balaban J connectivity index is 1.05. The van der Waals surface area contributed by atoms with Crippen molar-refractivity contribution in [3.8, 4) is 55.6 Å². The van der Waals surface area contributed by atoms with Gasteiger partial charge in [-0.25, -0.2) is 0 Å². The molecule has 0 amide bonds. The molecule has 0 saturated carbocycles. The lowest BCUT2D eigenvalue weighted by molar-refractivity contribution is 0.669. The summed E-state index contributed by atoms with van der Waals surface area (Å²) in [5.41, 5.74) is 16.8. The number of benzene rings is 10. The summed E-state index contributed by atoms with van der Waals surface area (Å²) in [4.78, 5) is 2.39. The SMILES string of the molecule is c1ccc(-c2cc(-c3ccccc3)cc(-c3ccc(N(c4ccc(-c5cccc6ccccc56)cc4)c4ccccc4-c4ccc5oc6ccccc6c5c4)cc3)c2)cc1. The minimum Gasteiger partial charge on any atom is -0.456 e. The number of rotatable bonds is 8. The van der Waals surface area contributed by atoms with Crippen LogP contribution in [0.15, 0.2) is 241 Å². The highest BCUT2D eigenvalue weighted by Crippen LogP contribution is 2.44. The van der Waals surface area contributed by atoms with Crippen LogP contribution in [-0.4, -0.2) is 0 Å². The summed E-state index contributed by atoms with van der Waals surface area (Å²) < 4.78 is 6.24. The summed E-state index contributed by atoms with van der Waals surface area (Å²) in [5.74, 6) is 0. The topological polar surface area (TPSA) is 16.4 Å². The lowest BCUT2D eigenvalue weighted by atomic mass is 9.93. The second kappa shape index (κ2) is 15.1. The third-order valence-electron chi connectivity index (χ3n) is 11.7. The number of anilines is 3. The van der Waals surface area contributed by atoms with Crippen molar-refractivity contribution in [3.05, 3.63) is 237 Å². The van der Waals surface area contributed by atoms with Crippen molar-refractivity contribution in [2.75, 3.05) is 4.90 Å². The van der Waals surface area contributed by atoms with Crippen LogP contribution in [0.5, 0.6) is 0 Å². The predicted molar refractivity (Wildman–Crippen MR) is 253 cm³/mol. The Morgan fingerprint density at radius 3 is 1.43 bits per heavy atom. The molecule has 0 bridgehead atoms. The molecule has 0 fully saturated rings. The quantitative estimate of drug-likeness (QED) is 0.153. The fraction of sp³-hybridized carbons (Fsp3) is 0. The van der Waals surface area contributed by atoms with E-state index < -0.39 is 0 Å². The highest BCUT2D eigenvalue weighted by molar-refractivity contribution is 6.07. The fourth-order valence-corrected chi connectivity index (χ4v) is 8.69. The van der Waals surface area contributed by atoms with Crippen molar-refractivity contribution in [2.45, 2.75) is 0 Å². The van der Waals surface area contributed by atoms with Gasteiger partial charge in [0.25, 0.3) is 0 Å². The zero-order chi connectivity index (χ0) is 39.8. The largest absolute Gasteiger partial charge is 0.456 e. The highest BCUT2D eigenvalue weighted by atomic mass is 16.3. The van der Waals surface area contributed by atoms with Gasteiger partial charge in [0.2, 0.25) is 0 Å². The van der Waals surface area contributed by atoms with Crippen LogP contribution in [0, 0.1) is 0 Å². The van der Waals surface area contributed by atoms with E-state index in [4.69, 9.17) is 4.42 Å². The first-order valence-electron chi connectivity index (χ1n) is 20.5. The maximum absolute atomic E-state index is 6.24. The second-order valence-corrected chi connectivity index (χ2v) is 15.3. The average molecular weight is 766 g/mol. The molecule has 11 rings (SSSR count). The predicted octanol–water partition coefficient (Wildman–Crippen LogP) is 16.5. The van der Waals surface area contributed by atoms with Crippen molar-refractivity contribution in [3.63, 3.8) is 0 Å². The standard InChI is InChI=1S/C58H39NO/c1-3-14-40(15-4-1)46-36-47(41-16-5-2-6-17-41)38-48(37-46)42-26-31-49(32-27-42)59(50-33-28-44(29-34-50)52-23-13-19-43-18-7-8-20-51(43)52)56-24-11-9-21-53(56)45-30-35-58-55(39-45)54-22-10-12-25-57(54)60-58/h1-39H. The van der Waals surface area contributed by atoms with Gasteiger partial charge in [-0.15, -0.1) is 0 Å². The van der Waals surface area contributed by atoms with E-state index in [-0.39, 0.29) is 0 Å². The van der Waals surface area contributed by atoms with E-state index in [0.717, 1.165) is 55.7 Å². The highest BCUT2D eigenvalue weighted by Gasteiger charge is 2.19. The first kappa shape index (κ1) is 35.2. The molecular weight excluding hydrogens is 727 g/mol. The van der Waals surface area contributed by atoms with E-state index >= 15 is 0 Å². The van der Waals surface area contributed by atoms with Crippen molar-refractivity contribution < 1.29 is 4.42 Å². The molecule has 0 spiro atoms. The maximum Gasteiger partial charge on any atom is 0.135 e. The molecule has 11 aromatic rings. The molecule has 282 valence electrons. The van der Waals surface area contributed by atoms with E-state index in [0.29, 0.717) is 0 Å². The molecule has 0 aliphatic heterocycles. The molecule has 1 heterocycles. The molecule has 2 heteroatoms. The normalized spacial score (nSPS) is 11.3. The average Bonchev–Trinajstić information content (AvgIpc) is 3.71. The lowest BCUT2D eigenvalue weighted by Crippen LogP contribution is -2.11. The van der Waals surface area contributed by atoms with Crippen molar-refractivity contribution in [2.24, 2.45) is 0 Å². The molecule has 0 aliphatic rings. The van der Waals surface area contributed by atoms with Crippen LogP contribution in [0.4, 0.5) is 17.1 Å². The van der Waals surface area contributed by atoms with E-state index in [1.807, 2.05) is 12.1 Å². The number of hydrogen-bond acceptors (Lipinski definition) is 2. The van der Waals surface area contributed by atoms with Gasteiger partial charge in [0.15, 0.2) is 0 Å². The number of hydrogen-bond donors (Lipinski definition) is 0. The van der Waals surface area contributed by atoms with Crippen LogP contribution in [0.3, 0.4) is 0 Å². The monoisotopic (exact) mass is 765 g/mol. The molecule has 2 nitrogen and oxygen atoms in total. The Morgan fingerprint density at radius 1 is 0.267 bits per heavy atom. The van der Waals surface area contributed by atoms with Crippen LogP contribution in [0.2, 0.25) is 0 Å². The number of para-hydroxylation sites is 2. The van der Waals surface area contributed by atoms with Gasteiger partial charge in [-0.05, 0) is 128 Å². The van der Waals surface area contributed by atoms with Gasteiger partial charge >= 0.3 is 0 Å². The molecule has 1 aromatic heterocycles. The van der Waals surface area contributed by atoms with E-state index in [1.54, 1.807) is 0 Å². The Bertz CT molecular complexity index is 3230. The molecule has 0 radical (unpaired) electrons. The van der Waals surface area contributed by atoms with Crippen LogP contribution in [-0.2, 0) is 0 Å². The van der Waals surface area contributed by atoms with Crippen molar-refractivity contribution in [1.82, 2.24) is 0 Å². The smallest absolute Gasteiger partial charge is 0.135 e. The first-order chi connectivity index (χ1) is 29.7. The van der Waals surface area contributed by atoms with Gasteiger partial charge in [-0.3, -0.25) is 0 Å². The molecule has 0 N–H and O–H groups in total.